The van der Waals surface area contributed by atoms with Crippen LogP contribution in [0.15, 0.2) is 35.5 Å². The average molecular weight is 419 g/mol. The van der Waals surface area contributed by atoms with Crippen molar-refractivity contribution in [1.29, 1.82) is 0 Å². The minimum absolute atomic E-state index is 0.294. The monoisotopic (exact) mass is 418 g/mol. The van der Waals surface area contributed by atoms with Gasteiger partial charge in [-0.25, -0.2) is 0 Å². The van der Waals surface area contributed by atoms with Crippen molar-refractivity contribution in [3.05, 3.63) is 35.5 Å². The highest BCUT2D eigenvalue weighted by atomic mass is 16.5. The highest BCUT2D eigenvalue weighted by Crippen LogP contribution is 2.59. The van der Waals surface area contributed by atoms with Gasteiger partial charge in [0.2, 0.25) is 0 Å². The fourth-order valence-corrected chi connectivity index (χ4v) is 6.29. The molecule has 0 saturated heterocycles. The van der Waals surface area contributed by atoms with Crippen LogP contribution >= 0.6 is 0 Å². The molecular formula is C26H42O4. The van der Waals surface area contributed by atoms with Crippen LogP contribution in [0.1, 0.15) is 72.6 Å². The van der Waals surface area contributed by atoms with E-state index >= 15 is 0 Å². The molecule has 170 valence electrons. The van der Waals surface area contributed by atoms with Gasteiger partial charge < -0.3 is 20.1 Å². The summed E-state index contributed by atoms with van der Waals surface area (Å²) in [6, 6.07) is 0. The Bertz CT molecular complexity index is 686. The van der Waals surface area contributed by atoms with Gasteiger partial charge in [-0.1, -0.05) is 38.2 Å². The normalized spacial score (nSPS) is 38.8. The fraction of sp³-hybridized carbons (Fsp3) is 0.769. The van der Waals surface area contributed by atoms with Crippen molar-refractivity contribution in [3.63, 3.8) is 0 Å². The lowest BCUT2D eigenvalue weighted by atomic mass is 9.61. The summed E-state index contributed by atoms with van der Waals surface area (Å²) in [5, 5.41) is 30.0. The molecule has 3 N–H and O–H groups in total. The smallest absolute Gasteiger partial charge is 0.0824 e. The summed E-state index contributed by atoms with van der Waals surface area (Å²) in [6.45, 7) is 13.5. The quantitative estimate of drug-likeness (QED) is 0.592. The van der Waals surface area contributed by atoms with Crippen LogP contribution in [-0.4, -0.2) is 46.3 Å². The van der Waals surface area contributed by atoms with Crippen molar-refractivity contribution >= 4 is 0 Å². The molecule has 0 amide bonds. The highest BCUT2D eigenvalue weighted by molar-refractivity contribution is 5.38. The zero-order chi connectivity index (χ0) is 22.1. The van der Waals surface area contributed by atoms with Gasteiger partial charge in [0.1, 0.15) is 0 Å². The molecule has 0 aromatic heterocycles. The summed E-state index contributed by atoms with van der Waals surface area (Å²) in [7, 11) is 0. The molecule has 0 bridgehead atoms. The van der Waals surface area contributed by atoms with E-state index in [1.54, 1.807) is 13.8 Å². The molecule has 3 saturated carbocycles. The molecule has 3 aliphatic rings. The summed E-state index contributed by atoms with van der Waals surface area (Å²) in [4.78, 5) is 0. The third-order valence-corrected chi connectivity index (χ3v) is 7.83. The van der Waals surface area contributed by atoms with Crippen molar-refractivity contribution < 1.29 is 20.1 Å². The van der Waals surface area contributed by atoms with Gasteiger partial charge in [0, 0.05) is 13.0 Å². The molecule has 6 atom stereocenters. The predicted octanol–water partition coefficient (Wildman–Crippen LogP) is 4.55. The van der Waals surface area contributed by atoms with Gasteiger partial charge in [-0.2, -0.15) is 0 Å². The van der Waals surface area contributed by atoms with E-state index in [1.807, 2.05) is 0 Å². The van der Waals surface area contributed by atoms with E-state index in [2.05, 4.69) is 32.6 Å². The zero-order valence-electron chi connectivity index (χ0n) is 19.4. The number of ether oxygens (including phenoxy) is 1. The summed E-state index contributed by atoms with van der Waals surface area (Å²) in [6.07, 6.45) is 10.3. The van der Waals surface area contributed by atoms with Gasteiger partial charge in [-0.05, 0) is 86.7 Å². The predicted molar refractivity (Wildman–Crippen MR) is 121 cm³/mol. The van der Waals surface area contributed by atoms with E-state index in [1.165, 1.54) is 31.3 Å². The Kier molecular flexibility index (Phi) is 7.33. The Morgan fingerprint density at radius 1 is 1.27 bits per heavy atom. The van der Waals surface area contributed by atoms with Crippen LogP contribution in [0.2, 0.25) is 0 Å². The molecule has 3 aliphatic carbocycles. The molecule has 0 aromatic rings. The summed E-state index contributed by atoms with van der Waals surface area (Å²) >= 11 is 0. The number of fused-ring (bicyclic) bond motifs is 1. The first-order valence-electron chi connectivity index (χ1n) is 11.8. The molecule has 0 aliphatic heterocycles. The molecular weight excluding hydrogens is 376 g/mol. The first-order valence-corrected chi connectivity index (χ1v) is 11.8. The zero-order valence-corrected chi connectivity index (χ0v) is 19.4. The highest BCUT2D eigenvalue weighted by Gasteiger charge is 2.50. The van der Waals surface area contributed by atoms with E-state index in [9.17, 15) is 15.3 Å². The number of aliphatic hydroxyl groups is 3. The van der Waals surface area contributed by atoms with Crippen LogP contribution in [0.25, 0.3) is 0 Å². The Hall–Kier alpha value is -0.940. The molecule has 30 heavy (non-hydrogen) atoms. The average Bonchev–Trinajstić information content (AvgIpc) is 3.00. The van der Waals surface area contributed by atoms with Crippen LogP contribution < -0.4 is 0 Å². The standard InChI is InChI=1S/C26H42O4/c1-17(15-30-16-25(3,4)29)22-10-11-23-19(7-6-12-26(22,23)5)8-9-20-13-21(27)14-24(28)18(20)2/h8-9,17,21-24,27-29H,2,6-7,10-16H2,1,3-5H3/b19-8+,20-9-/t17-,21-,22-,23?,24?,26-/m1/s1. The Balaban J connectivity index is 1.70. The SMILES string of the molecule is C=C1/C(=C\C=C2/CCC[C@@]3(C)C2CC[C@@H]3[C@H](C)COCC(C)(C)O)C[C@@H](O)CC1O. The van der Waals surface area contributed by atoms with E-state index in [-0.39, 0.29) is 0 Å². The van der Waals surface area contributed by atoms with Crippen LogP contribution in [0.5, 0.6) is 0 Å². The van der Waals surface area contributed by atoms with E-state index < -0.39 is 17.8 Å². The first kappa shape index (κ1) is 23.7. The molecule has 3 rings (SSSR count). The second-order valence-electron chi connectivity index (χ2n) is 11.0. The summed E-state index contributed by atoms with van der Waals surface area (Å²) in [5.74, 6) is 1.70. The Morgan fingerprint density at radius 3 is 2.70 bits per heavy atom. The van der Waals surface area contributed by atoms with Crippen LogP contribution in [-0.2, 0) is 4.74 Å². The van der Waals surface area contributed by atoms with Gasteiger partial charge >= 0.3 is 0 Å². The molecule has 0 radical (unpaired) electrons. The molecule has 0 aromatic carbocycles. The number of aliphatic hydroxyl groups excluding tert-OH is 2. The second kappa shape index (κ2) is 9.28. The van der Waals surface area contributed by atoms with Crippen molar-refractivity contribution in [2.24, 2.45) is 23.2 Å². The van der Waals surface area contributed by atoms with Crippen molar-refractivity contribution in [2.45, 2.75) is 90.4 Å². The van der Waals surface area contributed by atoms with E-state index in [4.69, 9.17) is 4.74 Å². The maximum absolute atomic E-state index is 10.1. The van der Waals surface area contributed by atoms with Gasteiger partial charge in [-0.3, -0.25) is 0 Å². The third-order valence-electron chi connectivity index (χ3n) is 7.83. The fourth-order valence-electron chi connectivity index (χ4n) is 6.29. The van der Waals surface area contributed by atoms with Gasteiger partial charge in [-0.15, -0.1) is 0 Å². The van der Waals surface area contributed by atoms with Gasteiger partial charge in [0.15, 0.2) is 0 Å². The topological polar surface area (TPSA) is 69.9 Å². The maximum Gasteiger partial charge on any atom is 0.0824 e. The second-order valence-corrected chi connectivity index (χ2v) is 11.0. The largest absolute Gasteiger partial charge is 0.393 e. The van der Waals surface area contributed by atoms with Crippen molar-refractivity contribution in [3.8, 4) is 0 Å². The Morgan fingerprint density at radius 2 is 2.00 bits per heavy atom. The molecule has 4 heteroatoms. The molecule has 0 heterocycles. The summed E-state index contributed by atoms with van der Waals surface area (Å²) in [5.41, 5.74) is 2.79. The molecule has 2 unspecified atom stereocenters. The minimum Gasteiger partial charge on any atom is -0.393 e. The number of hydrogen-bond donors (Lipinski definition) is 3. The molecule has 3 fully saturated rings. The summed E-state index contributed by atoms with van der Waals surface area (Å²) < 4.78 is 5.85. The third kappa shape index (κ3) is 5.27. The van der Waals surface area contributed by atoms with Crippen molar-refractivity contribution in [1.82, 2.24) is 0 Å². The number of rotatable bonds is 6. The van der Waals surface area contributed by atoms with Crippen molar-refractivity contribution in [2.75, 3.05) is 13.2 Å². The number of allylic oxidation sites excluding steroid dienone is 3. The molecule has 4 nitrogen and oxygen atoms in total. The lowest BCUT2D eigenvalue weighted by Gasteiger charge is -2.44. The lowest BCUT2D eigenvalue weighted by molar-refractivity contribution is -0.0424. The Labute approximate surface area is 182 Å². The lowest BCUT2D eigenvalue weighted by Crippen LogP contribution is -2.37. The van der Waals surface area contributed by atoms with Crippen LogP contribution in [0.3, 0.4) is 0 Å². The van der Waals surface area contributed by atoms with Crippen LogP contribution in [0.4, 0.5) is 0 Å². The van der Waals surface area contributed by atoms with Gasteiger partial charge in [0.05, 0.1) is 24.4 Å². The first-order chi connectivity index (χ1) is 14.0. The number of hydrogen-bond acceptors (Lipinski definition) is 4. The van der Waals surface area contributed by atoms with Crippen LogP contribution in [0, 0.1) is 23.2 Å². The minimum atomic E-state index is -0.777. The van der Waals surface area contributed by atoms with E-state index in [0.29, 0.717) is 49.2 Å². The molecule has 0 spiro atoms. The maximum atomic E-state index is 10.1. The van der Waals surface area contributed by atoms with Gasteiger partial charge in [0.25, 0.3) is 0 Å². The van der Waals surface area contributed by atoms with E-state index in [0.717, 1.165) is 17.6 Å².